The lowest BCUT2D eigenvalue weighted by atomic mass is 10.1. The Balaban J connectivity index is 1.44. The minimum atomic E-state index is -0.421. The fraction of sp³-hybridized carbons (Fsp3) is 0.263. The van der Waals surface area contributed by atoms with E-state index in [0.29, 0.717) is 19.4 Å². The molecule has 124 valence electrons. The number of carbonyl (C=O) groups is 2. The van der Waals surface area contributed by atoms with E-state index in [9.17, 15) is 9.59 Å². The summed E-state index contributed by atoms with van der Waals surface area (Å²) in [5, 5.41) is 2.75. The van der Waals surface area contributed by atoms with Gasteiger partial charge in [-0.1, -0.05) is 42.5 Å². The van der Waals surface area contributed by atoms with Crippen molar-refractivity contribution in [3.05, 3.63) is 65.2 Å². The van der Waals surface area contributed by atoms with Crippen molar-refractivity contribution in [2.45, 2.75) is 19.4 Å². The second-order valence-electron chi connectivity index (χ2n) is 5.83. The highest BCUT2D eigenvalue weighted by Gasteiger charge is 2.23. The first kappa shape index (κ1) is 16.1. The van der Waals surface area contributed by atoms with Gasteiger partial charge >= 0.3 is 6.09 Å². The zero-order valence-corrected chi connectivity index (χ0v) is 13.6. The normalized spacial score (nSPS) is 12.9. The van der Waals surface area contributed by atoms with Gasteiger partial charge in [-0.2, -0.15) is 0 Å². The summed E-state index contributed by atoms with van der Waals surface area (Å²) in [4.78, 5) is 25.1. The van der Waals surface area contributed by atoms with Crippen LogP contribution in [0.5, 0.6) is 0 Å². The molecule has 1 N–H and O–H groups in total. The van der Waals surface area contributed by atoms with E-state index in [1.54, 1.807) is 11.9 Å². The number of likely N-dealkylation sites (N-methyl/N-ethyl adjacent to an activating group) is 1. The summed E-state index contributed by atoms with van der Waals surface area (Å²) >= 11 is 0. The summed E-state index contributed by atoms with van der Waals surface area (Å²) < 4.78 is 5.17. The molecule has 0 atom stereocenters. The van der Waals surface area contributed by atoms with Crippen LogP contribution in [-0.4, -0.2) is 25.6 Å². The molecule has 0 aromatic heterocycles. The topological polar surface area (TPSA) is 58.6 Å². The fourth-order valence-corrected chi connectivity index (χ4v) is 2.76. The van der Waals surface area contributed by atoms with Gasteiger partial charge in [-0.3, -0.25) is 4.79 Å². The van der Waals surface area contributed by atoms with Crippen molar-refractivity contribution >= 4 is 17.7 Å². The van der Waals surface area contributed by atoms with Crippen molar-refractivity contribution in [1.82, 2.24) is 5.32 Å². The van der Waals surface area contributed by atoms with Crippen LogP contribution in [0.4, 0.5) is 10.5 Å². The summed E-state index contributed by atoms with van der Waals surface area (Å²) in [7, 11) is 1.79. The van der Waals surface area contributed by atoms with Crippen molar-refractivity contribution in [1.29, 1.82) is 0 Å². The molecular formula is C19H20N2O3. The molecule has 1 aliphatic rings. The monoisotopic (exact) mass is 324 g/mol. The molecule has 0 fully saturated rings. The van der Waals surface area contributed by atoms with E-state index in [4.69, 9.17) is 4.74 Å². The average molecular weight is 324 g/mol. The Bertz CT molecular complexity index is 744. The number of fused-ring (bicyclic) bond motifs is 1. The molecule has 5 nitrogen and oxygen atoms in total. The molecule has 0 aliphatic carbocycles. The van der Waals surface area contributed by atoms with Gasteiger partial charge in [-0.05, 0) is 29.2 Å². The summed E-state index contributed by atoms with van der Waals surface area (Å²) in [5.74, 6) is 0.116. The molecule has 2 aromatic rings. The molecule has 1 aliphatic heterocycles. The van der Waals surface area contributed by atoms with Crippen LogP contribution in [0, 0.1) is 0 Å². The van der Waals surface area contributed by atoms with E-state index >= 15 is 0 Å². The van der Waals surface area contributed by atoms with Crippen LogP contribution in [0.1, 0.15) is 16.7 Å². The van der Waals surface area contributed by atoms with Crippen molar-refractivity contribution in [3.8, 4) is 0 Å². The molecule has 2 amide bonds. The van der Waals surface area contributed by atoms with Gasteiger partial charge in [0.05, 0.1) is 6.42 Å². The molecule has 2 aromatic carbocycles. The van der Waals surface area contributed by atoms with Gasteiger partial charge in [0.1, 0.15) is 6.61 Å². The van der Waals surface area contributed by atoms with Crippen molar-refractivity contribution in [2.75, 3.05) is 18.5 Å². The lowest BCUT2D eigenvalue weighted by Gasteiger charge is -2.11. The number of ether oxygens (including phenoxy) is 1. The van der Waals surface area contributed by atoms with Crippen LogP contribution < -0.4 is 10.2 Å². The zero-order valence-electron chi connectivity index (χ0n) is 13.6. The highest BCUT2D eigenvalue weighted by Crippen LogP contribution is 2.28. The fourth-order valence-electron chi connectivity index (χ4n) is 2.76. The lowest BCUT2D eigenvalue weighted by Crippen LogP contribution is -2.26. The summed E-state index contributed by atoms with van der Waals surface area (Å²) in [6.45, 7) is 0.760. The lowest BCUT2D eigenvalue weighted by molar-refractivity contribution is -0.117. The third kappa shape index (κ3) is 3.74. The third-order valence-electron chi connectivity index (χ3n) is 4.12. The van der Waals surface area contributed by atoms with Crippen LogP contribution in [0.3, 0.4) is 0 Å². The molecule has 0 saturated carbocycles. The predicted molar refractivity (Wildman–Crippen MR) is 91.9 cm³/mol. The second-order valence-corrected chi connectivity index (χ2v) is 5.83. The maximum Gasteiger partial charge on any atom is 0.407 e. The maximum atomic E-state index is 11.7. The van der Waals surface area contributed by atoms with E-state index in [0.717, 1.165) is 22.4 Å². The number of hydrogen-bond acceptors (Lipinski definition) is 3. The van der Waals surface area contributed by atoms with E-state index in [1.807, 2.05) is 48.5 Å². The molecular weight excluding hydrogens is 304 g/mol. The molecule has 0 unspecified atom stereocenters. The number of nitrogens with zero attached hydrogens (tertiary/aromatic N) is 1. The number of alkyl carbamates (subject to hydrolysis) is 1. The minimum absolute atomic E-state index is 0.116. The molecule has 0 radical (unpaired) electrons. The van der Waals surface area contributed by atoms with Gasteiger partial charge < -0.3 is 15.0 Å². The van der Waals surface area contributed by atoms with Gasteiger partial charge in [0.2, 0.25) is 5.91 Å². The number of carbonyl (C=O) groups excluding carboxylic acids is 2. The Kier molecular flexibility index (Phi) is 4.79. The van der Waals surface area contributed by atoms with Crippen LogP contribution in [-0.2, 0) is 29.0 Å². The Labute approximate surface area is 141 Å². The maximum absolute atomic E-state index is 11.7. The van der Waals surface area contributed by atoms with Crippen molar-refractivity contribution < 1.29 is 14.3 Å². The Hall–Kier alpha value is -2.82. The van der Waals surface area contributed by atoms with Crippen LogP contribution in [0.15, 0.2) is 48.5 Å². The van der Waals surface area contributed by atoms with Gasteiger partial charge in [0.15, 0.2) is 0 Å². The smallest absolute Gasteiger partial charge is 0.407 e. The Morgan fingerprint density at radius 1 is 1.17 bits per heavy atom. The van der Waals surface area contributed by atoms with Crippen LogP contribution in [0.2, 0.25) is 0 Å². The minimum Gasteiger partial charge on any atom is -0.445 e. The van der Waals surface area contributed by atoms with E-state index in [2.05, 4.69) is 5.32 Å². The van der Waals surface area contributed by atoms with Crippen LogP contribution >= 0.6 is 0 Å². The van der Waals surface area contributed by atoms with Gasteiger partial charge in [-0.15, -0.1) is 0 Å². The molecule has 0 bridgehead atoms. The number of hydrogen-bond donors (Lipinski definition) is 1. The van der Waals surface area contributed by atoms with Crippen molar-refractivity contribution in [2.24, 2.45) is 0 Å². The highest BCUT2D eigenvalue weighted by atomic mass is 16.5. The number of anilines is 1. The van der Waals surface area contributed by atoms with Gasteiger partial charge in [0, 0.05) is 19.3 Å². The summed E-state index contributed by atoms with van der Waals surface area (Å²) in [6, 6.07) is 15.6. The number of rotatable bonds is 5. The molecule has 0 spiro atoms. The number of benzene rings is 2. The largest absolute Gasteiger partial charge is 0.445 e. The molecule has 1 heterocycles. The van der Waals surface area contributed by atoms with E-state index < -0.39 is 6.09 Å². The van der Waals surface area contributed by atoms with E-state index in [-0.39, 0.29) is 12.5 Å². The highest BCUT2D eigenvalue weighted by molar-refractivity contribution is 6.00. The Morgan fingerprint density at radius 2 is 1.96 bits per heavy atom. The molecule has 0 saturated heterocycles. The molecule has 3 rings (SSSR count). The number of amides is 2. The van der Waals surface area contributed by atoms with Crippen molar-refractivity contribution in [3.63, 3.8) is 0 Å². The number of nitrogens with one attached hydrogen (secondary N) is 1. The van der Waals surface area contributed by atoms with Gasteiger partial charge in [0.25, 0.3) is 0 Å². The summed E-state index contributed by atoms with van der Waals surface area (Å²) in [5.41, 5.74) is 4.07. The average Bonchev–Trinajstić information content (AvgIpc) is 2.88. The first-order chi connectivity index (χ1) is 11.6. The second kappa shape index (κ2) is 7.17. The predicted octanol–water partition coefficient (Wildman–Crippen LogP) is 2.67. The first-order valence-electron chi connectivity index (χ1n) is 7.96. The third-order valence-corrected chi connectivity index (χ3v) is 4.12. The summed E-state index contributed by atoms with van der Waals surface area (Å²) in [6.07, 6.45) is 0.729. The Morgan fingerprint density at radius 3 is 2.75 bits per heavy atom. The first-order valence-corrected chi connectivity index (χ1v) is 7.96. The van der Waals surface area contributed by atoms with E-state index in [1.165, 1.54) is 0 Å². The van der Waals surface area contributed by atoms with Crippen LogP contribution in [0.25, 0.3) is 0 Å². The SMILES string of the molecule is CN1C(=O)Cc2cc(CCNC(=O)OCc3ccccc3)ccc21. The molecule has 5 heteroatoms. The zero-order chi connectivity index (χ0) is 16.9. The molecule has 24 heavy (non-hydrogen) atoms. The standard InChI is InChI=1S/C19H20N2O3/c1-21-17-8-7-14(11-16(17)12-18(21)22)9-10-20-19(23)24-13-15-5-3-2-4-6-15/h2-8,11H,9-10,12-13H2,1H3,(H,20,23). The van der Waals surface area contributed by atoms with Gasteiger partial charge in [-0.25, -0.2) is 4.79 Å². The quantitative estimate of drug-likeness (QED) is 0.920.